The van der Waals surface area contributed by atoms with Crippen molar-refractivity contribution in [2.45, 2.75) is 6.61 Å². The van der Waals surface area contributed by atoms with Gasteiger partial charge in [0, 0.05) is 18.8 Å². The van der Waals surface area contributed by atoms with Crippen molar-refractivity contribution in [2.24, 2.45) is 7.05 Å². The fourth-order valence-electron chi connectivity index (χ4n) is 1.39. The van der Waals surface area contributed by atoms with Crippen molar-refractivity contribution in [1.82, 2.24) is 9.78 Å². The van der Waals surface area contributed by atoms with Crippen molar-refractivity contribution in [3.63, 3.8) is 0 Å². The number of nitriles is 1. The van der Waals surface area contributed by atoms with E-state index >= 15 is 0 Å². The maximum Gasteiger partial charge on any atom is 0.137 e. The number of rotatable bonds is 3. The van der Waals surface area contributed by atoms with E-state index < -0.39 is 0 Å². The Morgan fingerprint density at radius 2 is 2.25 bits per heavy atom. The normalized spacial score (nSPS) is 9.75. The number of benzene rings is 1. The largest absolute Gasteiger partial charge is 0.487 e. The van der Waals surface area contributed by atoms with Gasteiger partial charge < -0.3 is 4.74 Å². The van der Waals surface area contributed by atoms with Gasteiger partial charge in [-0.25, -0.2) is 0 Å². The van der Waals surface area contributed by atoms with Gasteiger partial charge in [0.1, 0.15) is 18.4 Å². The molecular formula is C12H11N3O. The number of hydrogen-bond acceptors (Lipinski definition) is 3. The molecule has 1 aromatic heterocycles. The van der Waals surface area contributed by atoms with Crippen molar-refractivity contribution in [3.05, 3.63) is 47.8 Å². The van der Waals surface area contributed by atoms with E-state index in [1.807, 2.05) is 25.4 Å². The molecule has 0 amide bonds. The molecule has 0 aliphatic heterocycles. The molecule has 0 spiro atoms. The second-order valence-electron chi connectivity index (χ2n) is 3.42. The van der Waals surface area contributed by atoms with Gasteiger partial charge >= 0.3 is 0 Å². The smallest absolute Gasteiger partial charge is 0.137 e. The van der Waals surface area contributed by atoms with Crippen molar-refractivity contribution in [3.8, 4) is 11.8 Å². The van der Waals surface area contributed by atoms with Gasteiger partial charge in [-0.1, -0.05) is 12.1 Å². The third kappa shape index (κ3) is 2.20. The Kier molecular flexibility index (Phi) is 2.88. The van der Waals surface area contributed by atoms with Crippen LogP contribution in [0.25, 0.3) is 0 Å². The molecule has 1 aromatic carbocycles. The van der Waals surface area contributed by atoms with Crippen LogP contribution >= 0.6 is 0 Å². The molecule has 1 heterocycles. The van der Waals surface area contributed by atoms with Crippen LogP contribution in [-0.4, -0.2) is 9.78 Å². The molecule has 0 saturated carbocycles. The number of ether oxygens (including phenoxy) is 1. The van der Waals surface area contributed by atoms with Gasteiger partial charge in [0.25, 0.3) is 0 Å². The summed E-state index contributed by atoms with van der Waals surface area (Å²) in [5.74, 6) is 0.605. The molecule has 16 heavy (non-hydrogen) atoms. The van der Waals surface area contributed by atoms with E-state index in [1.54, 1.807) is 23.0 Å². The minimum absolute atomic E-state index is 0.423. The summed E-state index contributed by atoms with van der Waals surface area (Å²) in [6.45, 7) is 0.423. The molecule has 0 aliphatic carbocycles. The lowest BCUT2D eigenvalue weighted by Crippen LogP contribution is -1.96. The zero-order valence-corrected chi connectivity index (χ0v) is 8.92. The van der Waals surface area contributed by atoms with Crippen molar-refractivity contribution in [2.75, 3.05) is 0 Å². The topological polar surface area (TPSA) is 50.8 Å². The number of para-hydroxylation sites is 1. The highest BCUT2D eigenvalue weighted by molar-refractivity contribution is 5.42. The minimum Gasteiger partial charge on any atom is -0.487 e. The number of nitrogens with zero attached hydrogens (tertiary/aromatic N) is 3. The van der Waals surface area contributed by atoms with Crippen LogP contribution < -0.4 is 4.74 Å². The molecule has 0 N–H and O–H groups in total. The van der Waals surface area contributed by atoms with E-state index in [1.165, 1.54) is 0 Å². The molecule has 4 nitrogen and oxygen atoms in total. The van der Waals surface area contributed by atoms with E-state index in [2.05, 4.69) is 11.2 Å². The van der Waals surface area contributed by atoms with Crippen LogP contribution in [-0.2, 0) is 13.7 Å². The summed E-state index contributed by atoms with van der Waals surface area (Å²) in [4.78, 5) is 0. The van der Waals surface area contributed by atoms with E-state index in [4.69, 9.17) is 10.00 Å². The Hall–Kier alpha value is -2.28. The molecule has 80 valence electrons. The molecule has 0 atom stereocenters. The highest BCUT2D eigenvalue weighted by atomic mass is 16.5. The third-order valence-electron chi connectivity index (χ3n) is 2.16. The van der Waals surface area contributed by atoms with E-state index in [0.717, 1.165) is 5.56 Å². The molecule has 2 rings (SSSR count). The Labute approximate surface area is 93.7 Å². The Bertz CT molecular complexity index is 525. The number of aromatic nitrogens is 2. The van der Waals surface area contributed by atoms with Crippen LogP contribution in [0.15, 0.2) is 36.7 Å². The SMILES string of the molecule is Cn1cc(COc2ccccc2C#N)cn1. The van der Waals surface area contributed by atoms with E-state index in [-0.39, 0.29) is 0 Å². The Morgan fingerprint density at radius 1 is 1.44 bits per heavy atom. The van der Waals surface area contributed by atoms with Gasteiger partial charge in [-0.2, -0.15) is 10.4 Å². The predicted octanol–water partition coefficient (Wildman–Crippen LogP) is 1.87. The summed E-state index contributed by atoms with van der Waals surface area (Å²) in [5, 5.41) is 12.9. The quantitative estimate of drug-likeness (QED) is 0.782. The first-order chi connectivity index (χ1) is 7.79. The first-order valence-electron chi connectivity index (χ1n) is 4.89. The summed E-state index contributed by atoms with van der Waals surface area (Å²) < 4.78 is 7.27. The maximum absolute atomic E-state index is 8.87. The van der Waals surface area contributed by atoms with Crippen LogP contribution in [0, 0.1) is 11.3 Å². The number of hydrogen-bond donors (Lipinski definition) is 0. The third-order valence-corrected chi connectivity index (χ3v) is 2.16. The first kappa shape index (κ1) is 10.2. The molecule has 0 aliphatic rings. The minimum atomic E-state index is 0.423. The Balaban J connectivity index is 2.08. The molecule has 0 radical (unpaired) electrons. The van der Waals surface area contributed by atoms with Gasteiger partial charge in [-0.3, -0.25) is 4.68 Å². The van der Waals surface area contributed by atoms with Crippen molar-refractivity contribution < 1.29 is 4.74 Å². The molecule has 0 unspecified atom stereocenters. The second kappa shape index (κ2) is 4.49. The summed E-state index contributed by atoms with van der Waals surface area (Å²) in [6.07, 6.45) is 3.63. The number of aryl methyl sites for hydroxylation is 1. The van der Waals surface area contributed by atoms with Crippen LogP contribution in [0.1, 0.15) is 11.1 Å². The summed E-state index contributed by atoms with van der Waals surface area (Å²) in [7, 11) is 1.85. The lowest BCUT2D eigenvalue weighted by atomic mass is 10.2. The molecule has 4 heteroatoms. The summed E-state index contributed by atoms with van der Waals surface area (Å²) in [5.41, 5.74) is 1.53. The van der Waals surface area contributed by atoms with E-state index in [0.29, 0.717) is 17.9 Å². The van der Waals surface area contributed by atoms with Crippen LogP contribution in [0.3, 0.4) is 0 Å². The van der Waals surface area contributed by atoms with Crippen molar-refractivity contribution in [1.29, 1.82) is 5.26 Å². The molecule has 0 fully saturated rings. The highest BCUT2D eigenvalue weighted by Gasteiger charge is 2.02. The average molecular weight is 213 g/mol. The van der Waals surface area contributed by atoms with Gasteiger partial charge in [0.15, 0.2) is 0 Å². The van der Waals surface area contributed by atoms with Gasteiger partial charge in [0.05, 0.1) is 11.8 Å². The van der Waals surface area contributed by atoms with Gasteiger partial charge in [-0.05, 0) is 12.1 Å². The predicted molar refractivity (Wildman–Crippen MR) is 58.7 cm³/mol. The fourth-order valence-corrected chi connectivity index (χ4v) is 1.39. The molecular weight excluding hydrogens is 202 g/mol. The van der Waals surface area contributed by atoms with Crippen LogP contribution in [0.5, 0.6) is 5.75 Å². The van der Waals surface area contributed by atoms with Crippen LogP contribution in [0.4, 0.5) is 0 Å². The summed E-state index contributed by atoms with van der Waals surface area (Å²) in [6, 6.07) is 9.27. The van der Waals surface area contributed by atoms with Gasteiger partial charge in [0.2, 0.25) is 0 Å². The fraction of sp³-hybridized carbons (Fsp3) is 0.167. The zero-order valence-electron chi connectivity index (χ0n) is 8.92. The average Bonchev–Trinajstić information content (AvgIpc) is 2.73. The zero-order chi connectivity index (χ0) is 11.4. The van der Waals surface area contributed by atoms with Gasteiger partial charge in [-0.15, -0.1) is 0 Å². The molecule has 2 aromatic rings. The van der Waals surface area contributed by atoms with Crippen LogP contribution in [0.2, 0.25) is 0 Å². The summed E-state index contributed by atoms with van der Waals surface area (Å²) >= 11 is 0. The standard InChI is InChI=1S/C12H11N3O/c1-15-8-10(7-14-15)9-16-12-5-3-2-4-11(12)6-13/h2-5,7-8H,9H2,1H3. The lowest BCUT2D eigenvalue weighted by molar-refractivity contribution is 0.305. The first-order valence-corrected chi connectivity index (χ1v) is 4.89. The monoisotopic (exact) mass is 213 g/mol. The second-order valence-corrected chi connectivity index (χ2v) is 3.42. The van der Waals surface area contributed by atoms with Crippen molar-refractivity contribution >= 4 is 0 Å². The molecule has 0 saturated heterocycles. The lowest BCUT2D eigenvalue weighted by Gasteiger charge is -2.05. The highest BCUT2D eigenvalue weighted by Crippen LogP contribution is 2.17. The Morgan fingerprint density at radius 3 is 2.94 bits per heavy atom. The molecule has 0 bridgehead atoms. The maximum atomic E-state index is 8.87. The van der Waals surface area contributed by atoms with E-state index in [9.17, 15) is 0 Å².